The summed E-state index contributed by atoms with van der Waals surface area (Å²) in [5.41, 5.74) is 2.57. The third kappa shape index (κ3) is 2.06. The van der Waals surface area contributed by atoms with Gasteiger partial charge in [0.2, 0.25) is 5.91 Å². The zero-order chi connectivity index (χ0) is 10.8. The maximum absolute atomic E-state index is 11.8. The molecule has 0 radical (unpaired) electrons. The molecule has 1 aliphatic rings. The van der Waals surface area contributed by atoms with Crippen LogP contribution in [0, 0.1) is 6.92 Å². The molecule has 1 aliphatic heterocycles. The summed E-state index contributed by atoms with van der Waals surface area (Å²) < 4.78 is 0. The van der Waals surface area contributed by atoms with Crippen molar-refractivity contribution in [2.24, 2.45) is 0 Å². The lowest BCUT2D eigenvalue weighted by molar-refractivity contribution is -0.129. The van der Waals surface area contributed by atoms with Crippen LogP contribution in [0.3, 0.4) is 0 Å². The number of likely N-dealkylation sites (N-methyl/N-ethyl adjacent to an activating group) is 1. The van der Waals surface area contributed by atoms with Crippen LogP contribution < -0.4 is 5.32 Å². The van der Waals surface area contributed by atoms with Crippen LogP contribution in [0.15, 0.2) is 10.8 Å². The van der Waals surface area contributed by atoms with Gasteiger partial charge in [0.1, 0.15) is 0 Å². The fourth-order valence-corrected chi connectivity index (χ4v) is 2.77. The normalized spacial score (nSPS) is 21.3. The maximum Gasteiger partial charge on any atom is 0.240 e. The van der Waals surface area contributed by atoms with Gasteiger partial charge in [-0.2, -0.15) is 11.3 Å². The van der Waals surface area contributed by atoms with Crippen molar-refractivity contribution >= 4 is 17.2 Å². The molecule has 1 aromatic rings. The first kappa shape index (κ1) is 10.6. The van der Waals surface area contributed by atoms with E-state index in [9.17, 15) is 4.79 Å². The molecule has 1 unspecified atom stereocenters. The Balaban J connectivity index is 2.03. The van der Waals surface area contributed by atoms with Gasteiger partial charge >= 0.3 is 0 Å². The van der Waals surface area contributed by atoms with Gasteiger partial charge < -0.3 is 10.2 Å². The lowest BCUT2D eigenvalue weighted by Gasteiger charge is -2.16. The van der Waals surface area contributed by atoms with Crippen molar-refractivity contribution in [3.8, 4) is 0 Å². The zero-order valence-electron chi connectivity index (χ0n) is 9.12. The largest absolute Gasteiger partial charge is 0.337 e. The molecule has 1 fully saturated rings. The quantitative estimate of drug-likeness (QED) is 0.841. The summed E-state index contributed by atoms with van der Waals surface area (Å²) in [4.78, 5) is 13.8. The van der Waals surface area contributed by atoms with Crippen molar-refractivity contribution < 1.29 is 4.79 Å². The highest BCUT2D eigenvalue weighted by atomic mass is 32.1. The second-order valence-corrected chi connectivity index (χ2v) is 4.71. The van der Waals surface area contributed by atoms with Crippen molar-refractivity contribution in [1.82, 2.24) is 10.2 Å². The summed E-state index contributed by atoms with van der Waals surface area (Å²) in [5.74, 6) is 0.239. The van der Waals surface area contributed by atoms with Crippen molar-refractivity contribution in [3.05, 3.63) is 21.9 Å². The van der Waals surface area contributed by atoms with E-state index >= 15 is 0 Å². The van der Waals surface area contributed by atoms with Gasteiger partial charge in [0.15, 0.2) is 0 Å². The van der Waals surface area contributed by atoms with Crippen LogP contribution in [-0.2, 0) is 11.3 Å². The molecule has 15 heavy (non-hydrogen) atoms. The molecule has 82 valence electrons. The van der Waals surface area contributed by atoms with Crippen LogP contribution in [-0.4, -0.2) is 30.4 Å². The van der Waals surface area contributed by atoms with Crippen LogP contribution in [0.5, 0.6) is 0 Å². The number of amides is 1. The molecular weight excluding hydrogens is 208 g/mol. The standard InChI is InChI=1S/C11H16N2OS/c1-8-6-15-7-9(8)5-13-4-3-10(12-2)11(13)14/h6-7,10,12H,3-5H2,1-2H3. The average Bonchev–Trinajstić information content (AvgIpc) is 2.77. The van der Waals surface area contributed by atoms with Gasteiger partial charge in [-0.3, -0.25) is 4.79 Å². The van der Waals surface area contributed by atoms with Crippen LogP contribution in [0.1, 0.15) is 17.5 Å². The monoisotopic (exact) mass is 224 g/mol. The minimum absolute atomic E-state index is 0.0314. The van der Waals surface area contributed by atoms with E-state index in [1.807, 2.05) is 11.9 Å². The van der Waals surface area contributed by atoms with Crippen LogP contribution in [0.4, 0.5) is 0 Å². The Kier molecular flexibility index (Phi) is 3.07. The Morgan fingerprint density at radius 3 is 2.93 bits per heavy atom. The molecule has 1 aromatic heterocycles. The smallest absolute Gasteiger partial charge is 0.240 e. The van der Waals surface area contributed by atoms with Gasteiger partial charge in [-0.15, -0.1) is 0 Å². The summed E-state index contributed by atoms with van der Waals surface area (Å²) in [6, 6.07) is 0.0314. The number of carbonyl (C=O) groups excluding carboxylic acids is 1. The number of nitrogens with one attached hydrogen (secondary N) is 1. The van der Waals surface area contributed by atoms with Crippen LogP contribution in [0.2, 0.25) is 0 Å². The SMILES string of the molecule is CNC1CCN(Cc2cscc2C)C1=O. The first-order valence-electron chi connectivity index (χ1n) is 5.20. The molecule has 1 amide bonds. The average molecular weight is 224 g/mol. The van der Waals surface area contributed by atoms with Gasteiger partial charge in [-0.05, 0) is 42.3 Å². The zero-order valence-corrected chi connectivity index (χ0v) is 9.93. The number of hydrogen-bond donors (Lipinski definition) is 1. The van der Waals surface area contributed by atoms with E-state index < -0.39 is 0 Å². The number of rotatable bonds is 3. The Hall–Kier alpha value is -0.870. The maximum atomic E-state index is 11.8. The summed E-state index contributed by atoms with van der Waals surface area (Å²) in [6.07, 6.45) is 0.929. The summed E-state index contributed by atoms with van der Waals surface area (Å²) >= 11 is 1.70. The van der Waals surface area contributed by atoms with E-state index in [-0.39, 0.29) is 11.9 Å². The third-order valence-corrected chi connectivity index (χ3v) is 3.88. The lowest BCUT2D eigenvalue weighted by atomic mass is 10.2. The minimum atomic E-state index is 0.0314. The molecule has 1 atom stereocenters. The lowest BCUT2D eigenvalue weighted by Crippen LogP contribution is -2.35. The second-order valence-electron chi connectivity index (χ2n) is 3.97. The fourth-order valence-electron chi connectivity index (χ4n) is 1.92. The highest BCUT2D eigenvalue weighted by Crippen LogP contribution is 2.19. The number of aryl methyl sites for hydroxylation is 1. The minimum Gasteiger partial charge on any atom is -0.337 e. The molecule has 0 aromatic carbocycles. The topological polar surface area (TPSA) is 32.3 Å². The van der Waals surface area contributed by atoms with Gasteiger partial charge in [-0.25, -0.2) is 0 Å². The number of carbonyl (C=O) groups is 1. The molecule has 4 heteroatoms. The van der Waals surface area contributed by atoms with E-state index in [2.05, 4.69) is 23.0 Å². The molecule has 0 aliphatic carbocycles. The van der Waals surface area contributed by atoms with Gasteiger partial charge in [0.25, 0.3) is 0 Å². The van der Waals surface area contributed by atoms with Crippen LogP contribution >= 0.6 is 11.3 Å². The predicted molar refractivity (Wildman–Crippen MR) is 61.9 cm³/mol. The highest BCUT2D eigenvalue weighted by Gasteiger charge is 2.30. The van der Waals surface area contributed by atoms with Gasteiger partial charge in [0, 0.05) is 13.1 Å². The van der Waals surface area contributed by atoms with E-state index in [1.165, 1.54) is 11.1 Å². The third-order valence-electron chi connectivity index (χ3n) is 2.97. The summed E-state index contributed by atoms with van der Waals surface area (Å²) in [5, 5.41) is 7.31. The predicted octanol–water partition coefficient (Wildman–Crippen LogP) is 1.38. The van der Waals surface area contributed by atoms with Crippen molar-refractivity contribution in [2.45, 2.75) is 25.9 Å². The summed E-state index contributed by atoms with van der Waals surface area (Å²) in [6.45, 7) is 3.74. The second kappa shape index (κ2) is 4.33. The number of hydrogen-bond acceptors (Lipinski definition) is 3. The molecule has 0 bridgehead atoms. The first-order chi connectivity index (χ1) is 7.22. The van der Waals surface area contributed by atoms with E-state index in [0.717, 1.165) is 19.5 Å². The first-order valence-corrected chi connectivity index (χ1v) is 6.14. The Morgan fingerprint density at radius 2 is 2.40 bits per heavy atom. The number of likely N-dealkylation sites (tertiary alicyclic amines) is 1. The molecule has 0 saturated carbocycles. The molecular formula is C11H16N2OS. The van der Waals surface area contributed by atoms with Crippen molar-refractivity contribution in [3.63, 3.8) is 0 Å². The summed E-state index contributed by atoms with van der Waals surface area (Å²) in [7, 11) is 1.85. The molecule has 0 spiro atoms. The highest BCUT2D eigenvalue weighted by molar-refractivity contribution is 7.08. The van der Waals surface area contributed by atoms with Crippen molar-refractivity contribution in [1.29, 1.82) is 0 Å². The van der Waals surface area contributed by atoms with E-state index in [0.29, 0.717) is 0 Å². The molecule has 1 N–H and O–H groups in total. The Bertz CT molecular complexity index is 361. The fraction of sp³-hybridized carbons (Fsp3) is 0.545. The van der Waals surface area contributed by atoms with Gasteiger partial charge in [0.05, 0.1) is 6.04 Å². The van der Waals surface area contributed by atoms with Crippen molar-refractivity contribution in [2.75, 3.05) is 13.6 Å². The number of nitrogens with zero attached hydrogens (tertiary/aromatic N) is 1. The van der Waals surface area contributed by atoms with Gasteiger partial charge in [-0.1, -0.05) is 0 Å². The molecule has 2 rings (SSSR count). The molecule has 2 heterocycles. The molecule has 3 nitrogen and oxygen atoms in total. The molecule has 1 saturated heterocycles. The van der Waals surface area contributed by atoms with Crippen LogP contribution in [0.25, 0.3) is 0 Å². The number of thiophene rings is 1. The Morgan fingerprint density at radius 1 is 1.60 bits per heavy atom. The Labute approximate surface area is 94.1 Å². The van der Waals surface area contributed by atoms with E-state index in [1.54, 1.807) is 11.3 Å². The van der Waals surface area contributed by atoms with E-state index in [4.69, 9.17) is 0 Å².